The highest BCUT2D eigenvalue weighted by atomic mass is 79.9. The van der Waals surface area contributed by atoms with E-state index in [1.165, 1.54) is 19.4 Å². The van der Waals surface area contributed by atoms with Gasteiger partial charge in [-0.3, -0.25) is 0 Å². The molecule has 0 heterocycles. The van der Waals surface area contributed by atoms with E-state index in [9.17, 15) is 0 Å². The minimum Gasteiger partial charge on any atom is -0.379 e. The van der Waals surface area contributed by atoms with Gasteiger partial charge in [0.05, 0.1) is 5.60 Å². The molecule has 0 atom stereocenters. The number of methoxy groups -OCH3 is 1. The third kappa shape index (κ3) is 4.83. The summed E-state index contributed by atoms with van der Waals surface area (Å²) in [6.45, 7) is 6.67. The van der Waals surface area contributed by atoms with Crippen molar-refractivity contribution in [2.24, 2.45) is 5.92 Å². The SMILES string of the molecule is COC(C)(C)CCN(C)CC1CC(Br)C1. The second-order valence-corrected chi connectivity index (χ2v) is 6.71. The van der Waals surface area contributed by atoms with Crippen LogP contribution in [0.3, 0.4) is 0 Å². The Labute approximate surface area is 102 Å². The maximum atomic E-state index is 5.42. The predicted molar refractivity (Wildman–Crippen MR) is 68.6 cm³/mol. The van der Waals surface area contributed by atoms with E-state index < -0.39 is 0 Å². The van der Waals surface area contributed by atoms with Crippen molar-refractivity contribution < 1.29 is 4.74 Å². The maximum Gasteiger partial charge on any atom is 0.0634 e. The van der Waals surface area contributed by atoms with Gasteiger partial charge in [-0.15, -0.1) is 0 Å². The van der Waals surface area contributed by atoms with Crippen molar-refractivity contribution in [2.45, 2.75) is 43.5 Å². The van der Waals surface area contributed by atoms with E-state index in [0.29, 0.717) is 0 Å². The van der Waals surface area contributed by atoms with Gasteiger partial charge >= 0.3 is 0 Å². The quantitative estimate of drug-likeness (QED) is 0.693. The Morgan fingerprint density at radius 1 is 1.40 bits per heavy atom. The number of nitrogens with zero attached hydrogens (tertiary/aromatic N) is 1. The summed E-state index contributed by atoms with van der Waals surface area (Å²) in [6.07, 6.45) is 3.79. The predicted octanol–water partition coefficient (Wildman–Crippen LogP) is 2.91. The molecule has 1 rings (SSSR count). The molecule has 2 nitrogen and oxygen atoms in total. The van der Waals surface area contributed by atoms with Crippen LogP contribution in [0, 0.1) is 5.92 Å². The lowest BCUT2D eigenvalue weighted by Gasteiger charge is -2.35. The summed E-state index contributed by atoms with van der Waals surface area (Å²) in [5, 5.41) is 0. The van der Waals surface area contributed by atoms with E-state index in [1.54, 1.807) is 7.11 Å². The van der Waals surface area contributed by atoms with Crippen LogP contribution in [-0.4, -0.2) is 42.6 Å². The second kappa shape index (κ2) is 5.65. The van der Waals surface area contributed by atoms with E-state index in [4.69, 9.17) is 4.74 Å². The fourth-order valence-electron chi connectivity index (χ4n) is 1.90. The lowest BCUT2D eigenvalue weighted by Crippen LogP contribution is -2.37. The molecular weight excluding hydrogens is 254 g/mol. The molecule has 3 heteroatoms. The Kier molecular flexibility index (Phi) is 5.07. The molecule has 1 fully saturated rings. The molecule has 0 aromatic rings. The molecule has 0 spiro atoms. The molecule has 1 saturated carbocycles. The average Bonchev–Trinajstić information content (AvgIpc) is 2.13. The molecule has 1 aliphatic rings. The Morgan fingerprint density at radius 2 is 2.00 bits per heavy atom. The van der Waals surface area contributed by atoms with Gasteiger partial charge in [0, 0.05) is 25.0 Å². The smallest absolute Gasteiger partial charge is 0.0634 e. The highest BCUT2D eigenvalue weighted by Gasteiger charge is 2.27. The van der Waals surface area contributed by atoms with Gasteiger partial charge < -0.3 is 9.64 Å². The lowest BCUT2D eigenvalue weighted by atomic mass is 9.85. The molecule has 0 aromatic carbocycles. The third-order valence-electron chi connectivity index (χ3n) is 3.40. The van der Waals surface area contributed by atoms with Crippen molar-refractivity contribution in [3.8, 4) is 0 Å². The zero-order valence-electron chi connectivity index (χ0n) is 10.4. The largest absolute Gasteiger partial charge is 0.379 e. The molecule has 0 unspecified atom stereocenters. The first kappa shape index (κ1) is 13.5. The zero-order chi connectivity index (χ0) is 11.5. The van der Waals surface area contributed by atoms with Crippen LogP contribution in [0.1, 0.15) is 33.1 Å². The maximum absolute atomic E-state index is 5.42. The van der Waals surface area contributed by atoms with Crippen LogP contribution in [0.25, 0.3) is 0 Å². The summed E-state index contributed by atoms with van der Waals surface area (Å²) in [7, 11) is 4.01. The fraction of sp³-hybridized carbons (Fsp3) is 1.00. The zero-order valence-corrected chi connectivity index (χ0v) is 12.0. The first-order valence-electron chi connectivity index (χ1n) is 5.81. The normalized spacial score (nSPS) is 26.8. The molecule has 0 amide bonds. The topological polar surface area (TPSA) is 12.5 Å². The number of halogens is 1. The molecule has 0 aromatic heterocycles. The fourth-order valence-corrected chi connectivity index (χ4v) is 2.95. The molecular formula is C12H24BrNO. The number of rotatable bonds is 6. The van der Waals surface area contributed by atoms with E-state index >= 15 is 0 Å². The van der Waals surface area contributed by atoms with Gasteiger partial charge in [0.2, 0.25) is 0 Å². The Morgan fingerprint density at radius 3 is 2.47 bits per heavy atom. The van der Waals surface area contributed by atoms with Crippen molar-refractivity contribution in [1.29, 1.82) is 0 Å². The molecule has 0 saturated heterocycles. The van der Waals surface area contributed by atoms with Crippen LogP contribution in [0.5, 0.6) is 0 Å². The molecule has 0 bridgehead atoms. The van der Waals surface area contributed by atoms with E-state index in [2.05, 4.69) is 41.7 Å². The summed E-state index contributed by atoms with van der Waals surface area (Å²) < 4.78 is 5.42. The van der Waals surface area contributed by atoms with Gasteiger partial charge in [-0.05, 0) is 46.1 Å². The monoisotopic (exact) mass is 277 g/mol. The molecule has 15 heavy (non-hydrogen) atoms. The van der Waals surface area contributed by atoms with Crippen LogP contribution in [0.4, 0.5) is 0 Å². The highest BCUT2D eigenvalue weighted by Crippen LogP contribution is 2.33. The molecule has 1 aliphatic carbocycles. The number of ether oxygens (including phenoxy) is 1. The van der Waals surface area contributed by atoms with Gasteiger partial charge in [0.25, 0.3) is 0 Å². The lowest BCUT2D eigenvalue weighted by molar-refractivity contribution is 0.00757. The van der Waals surface area contributed by atoms with E-state index in [1.807, 2.05) is 0 Å². The average molecular weight is 278 g/mol. The Bertz CT molecular complexity index is 190. The second-order valence-electron chi connectivity index (χ2n) is 5.41. The van der Waals surface area contributed by atoms with E-state index in [0.717, 1.165) is 23.7 Å². The highest BCUT2D eigenvalue weighted by molar-refractivity contribution is 9.09. The summed E-state index contributed by atoms with van der Waals surface area (Å²) in [5.74, 6) is 0.907. The van der Waals surface area contributed by atoms with Crippen molar-refractivity contribution in [3.63, 3.8) is 0 Å². The van der Waals surface area contributed by atoms with Crippen LogP contribution < -0.4 is 0 Å². The van der Waals surface area contributed by atoms with Crippen LogP contribution in [0.15, 0.2) is 0 Å². The standard InChI is InChI=1S/C12H24BrNO/c1-12(2,15-4)5-6-14(3)9-10-7-11(13)8-10/h10-11H,5-9H2,1-4H3. The van der Waals surface area contributed by atoms with Gasteiger partial charge in [0.15, 0.2) is 0 Å². The van der Waals surface area contributed by atoms with Crippen molar-refractivity contribution in [1.82, 2.24) is 4.90 Å². The third-order valence-corrected chi connectivity index (χ3v) is 4.14. The molecule has 0 aliphatic heterocycles. The van der Waals surface area contributed by atoms with Crippen LogP contribution in [0.2, 0.25) is 0 Å². The van der Waals surface area contributed by atoms with Gasteiger partial charge in [-0.1, -0.05) is 15.9 Å². The summed E-state index contributed by atoms with van der Waals surface area (Å²) in [5.41, 5.74) is 0.0197. The number of hydrogen-bond acceptors (Lipinski definition) is 2. The number of alkyl halides is 1. The Hall–Kier alpha value is 0.400. The van der Waals surface area contributed by atoms with Crippen LogP contribution >= 0.6 is 15.9 Å². The first-order chi connectivity index (χ1) is 6.93. The van der Waals surface area contributed by atoms with Gasteiger partial charge in [-0.25, -0.2) is 0 Å². The molecule has 0 N–H and O–H groups in total. The van der Waals surface area contributed by atoms with Crippen molar-refractivity contribution in [3.05, 3.63) is 0 Å². The van der Waals surface area contributed by atoms with Crippen molar-refractivity contribution >= 4 is 15.9 Å². The molecule has 90 valence electrons. The van der Waals surface area contributed by atoms with E-state index in [-0.39, 0.29) is 5.60 Å². The summed E-state index contributed by atoms with van der Waals surface area (Å²) in [4.78, 5) is 3.22. The Balaban J connectivity index is 2.11. The summed E-state index contributed by atoms with van der Waals surface area (Å²) in [6, 6.07) is 0. The molecule has 0 radical (unpaired) electrons. The van der Waals surface area contributed by atoms with Gasteiger partial charge in [-0.2, -0.15) is 0 Å². The summed E-state index contributed by atoms with van der Waals surface area (Å²) >= 11 is 3.63. The minimum atomic E-state index is 0.0197. The minimum absolute atomic E-state index is 0.0197. The number of hydrogen-bond donors (Lipinski definition) is 0. The van der Waals surface area contributed by atoms with Gasteiger partial charge in [0.1, 0.15) is 0 Å². The van der Waals surface area contributed by atoms with Crippen LogP contribution in [-0.2, 0) is 4.74 Å². The van der Waals surface area contributed by atoms with Crippen molar-refractivity contribution in [2.75, 3.05) is 27.2 Å². The first-order valence-corrected chi connectivity index (χ1v) is 6.72.